The van der Waals surface area contributed by atoms with Crippen LogP contribution in [0.3, 0.4) is 0 Å². The molecule has 0 saturated carbocycles. The molecule has 4 nitrogen and oxygen atoms in total. The lowest BCUT2D eigenvalue weighted by atomic mass is 10.1. The molecule has 2 N–H and O–H groups in total. The molecule has 1 atom stereocenters. The molecule has 116 valence electrons. The van der Waals surface area contributed by atoms with Gasteiger partial charge in [-0.15, -0.1) is 0 Å². The minimum Gasteiger partial charge on any atom is -0.480 e. The van der Waals surface area contributed by atoms with Crippen LogP contribution < -0.4 is 5.32 Å². The predicted octanol–water partition coefficient (Wildman–Crippen LogP) is 2.72. The Morgan fingerprint density at radius 2 is 1.95 bits per heavy atom. The van der Waals surface area contributed by atoms with Crippen molar-refractivity contribution in [3.63, 3.8) is 0 Å². The van der Waals surface area contributed by atoms with Gasteiger partial charge in [-0.1, -0.05) is 43.7 Å². The van der Waals surface area contributed by atoms with Gasteiger partial charge in [0.1, 0.15) is 6.04 Å². The van der Waals surface area contributed by atoms with Crippen molar-refractivity contribution in [3.05, 3.63) is 35.9 Å². The lowest BCUT2D eigenvalue weighted by Crippen LogP contribution is -2.42. The van der Waals surface area contributed by atoms with Crippen molar-refractivity contribution >= 4 is 23.6 Å². The van der Waals surface area contributed by atoms with Crippen molar-refractivity contribution in [1.82, 2.24) is 5.32 Å². The number of carbonyl (C=O) groups excluding carboxylic acids is 1. The quantitative estimate of drug-likeness (QED) is 0.652. The van der Waals surface area contributed by atoms with Gasteiger partial charge in [0.2, 0.25) is 5.91 Å². The number of thioether (sulfide) groups is 1. The van der Waals surface area contributed by atoms with E-state index >= 15 is 0 Å². The molecule has 0 aliphatic heterocycles. The summed E-state index contributed by atoms with van der Waals surface area (Å²) in [6.45, 7) is 2.13. The van der Waals surface area contributed by atoms with E-state index < -0.39 is 12.0 Å². The van der Waals surface area contributed by atoms with Crippen LogP contribution in [0, 0.1) is 0 Å². The molecule has 0 spiro atoms. The molecule has 1 unspecified atom stereocenters. The highest BCUT2D eigenvalue weighted by Crippen LogP contribution is 2.07. The number of benzene rings is 1. The number of carboxylic acids is 1. The molecule has 0 saturated heterocycles. The molecular formula is C16H23NO3S. The average molecular weight is 309 g/mol. The van der Waals surface area contributed by atoms with Crippen LogP contribution in [-0.4, -0.2) is 34.5 Å². The molecule has 1 aromatic rings. The topological polar surface area (TPSA) is 66.4 Å². The van der Waals surface area contributed by atoms with Crippen LogP contribution in [0.4, 0.5) is 0 Å². The summed E-state index contributed by atoms with van der Waals surface area (Å²) in [6.07, 6.45) is 2.98. The fourth-order valence-corrected chi connectivity index (χ4v) is 2.86. The first-order valence-electron chi connectivity index (χ1n) is 7.27. The first-order chi connectivity index (χ1) is 10.1. The number of rotatable bonds is 10. The zero-order valence-electron chi connectivity index (χ0n) is 12.4. The zero-order valence-corrected chi connectivity index (χ0v) is 13.2. The van der Waals surface area contributed by atoms with Gasteiger partial charge in [0.05, 0.1) is 0 Å². The Labute approximate surface area is 130 Å². The minimum atomic E-state index is -0.995. The maximum atomic E-state index is 11.8. The largest absolute Gasteiger partial charge is 0.480 e. The summed E-state index contributed by atoms with van der Waals surface area (Å²) >= 11 is 1.74. The van der Waals surface area contributed by atoms with Crippen LogP contribution in [-0.2, 0) is 16.0 Å². The van der Waals surface area contributed by atoms with Crippen LogP contribution in [0.2, 0.25) is 0 Å². The SMILES string of the molecule is CCCCSCCC(=O)NC(Cc1ccccc1)C(=O)O. The highest BCUT2D eigenvalue weighted by Gasteiger charge is 2.19. The van der Waals surface area contributed by atoms with Crippen molar-refractivity contribution in [2.75, 3.05) is 11.5 Å². The summed E-state index contributed by atoms with van der Waals surface area (Å²) in [5.74, 6) is 0.604. The number of amides is 1. The Balaban J connectivity index is 2.36. The highest BCUT2D eigenvalue weighted by atomic mass is 32.2. The van der Waals surface area contributed by atoms with Crippen LogP contribution in [0.15, 0.2) is 30.3 Å². The lowest BCUT2D eigenvalue weighted by Gasteiger charge is -2.14. The van der Waals surface area contributed by atoms with Gasteiger partial charge in [-0.05, 0) is 17.7 Å². The fraction of sp³-hybridized carbons (Fsp3) is 0.500. The molecule has 1 rings (SSSR count). The maximum Gasteiger partial charge on any atom is 0.326 e. The van der Waals surface area contributed by atoms with Gasteiger partial charge >= 0.3 is 5.97 Å². The van der Waals surface area contributed by atoms with Crippen LogP contribution >= 0.6 is 11.8 Å². The van der Waals surface area contributed by atoms with E-state index in [1.54, 1.807) is 11.8 Å². The molecule has 0 fully saturated rings. The summed E-state index contributed by atoms with van der Waals surface area (Å²) in [5.41, 5.74) is 0.905. The van der Waals surface area contributed by atoms with Crippen LogP contribution in [0.1, 0.15) is 31.7 Å². The smallest absolute Gasteiger partial charge is 0.326 e. The molecule has 1 amide bonds. The van der Waals surface area contributed by atoms with E-state index in [-0.39, 0.29) is 5.91 Å². The molecule has 5 heteroatoms. The third-order valence-corrected chi connectivity index (χ3v) is 4.10. The molecule has 21 heavy (non-hydrogen) atoms. The van der Waals surface area contributed by atoms with Crippen molar-refractivity contribution in [3.8, 4) is 0 Å². The molecule has 0 aliphatic rings. The molecule has 0 heterocycles. The van der Waals surface area contributed by atoms with Crippen molar-refractivity contribution in [2.24, 2.45) is 0 Å². The van der Waals surface area contributed by atoms with E-state index in [1.807, 2.05) is 30.3 Å². The fourth-order valence-electron chi connectivity index (χ4n) is 1.83. The molecule has 0 bridgehead atoms. The summed E-state index contributed by atoms with van der Waals surface area (Å²) in [4.78, 5) is 23.0. The number of nitrogens with one attached hydrogen (secondary N) is 1. The Hall–Kier alpha value is -1.49. The molecular weight excluding hydrogens is 286 g/mol. The molecule has 1 aromatic carbocycles. The van der Waals surface area contributed by atoms with Crippen LogP contribution in [0.5, 0.6) is 0 Å². The number of carbonyl (C=O) groups is 2. The van der Waals surface area contributed by atoms with E-state index in [0.717, 1.165) is 29.9 Å². The second-order valence-electron chi connectivity index (χ2n) is 4.86. The number of hydrogen-bond donors (Lipinski definition) is 2. The van der Waals surface area contributed by atoms with Gasteiger partial charge < -0.3 is 10.4 Å². The van der Waals surface area contributed by atoms with Crippen molar-refractivity contribution in [2.45, 2.75) is 38.6 Å². The van der Waals surface area contributed by atoms with Crippen molar-refractivity contribution < 1.29 is 14.7 Å². The Morgan fingerprint density at radius 3 is 2.57 bits per heavy atom. The van der Waals surface area contributed by atoms with E-state index in [1.165, 1.54) is 0 Å². The Bertz CT molecular complexity index is 436. The van der Waals surface area contributed by atoms with Crippen molar-refractivity contribution in [1.29, 1.82) is 0 Å². The Morgan fingerprint density at radius 1 is 1.24 bits per heavy atom. The standard InChI is InChI=1S/C16H23NO3S/c1-2-3-10-21-11-9-15(18)17-14(16(19)20)12-13-7-5-4-6-8-13/h4-8,14H,2-3,9-12H2,1H3,(H,17,18)(H,19,20). The number of unbranched alkanes of at least 4 members (excludes halogenated alkanes) is 1. The normalized spacial score (nSPS) is 11.9. The van der Waals surface area contributed by atoms with Gasteiger partial charge in [0.25, 0.3) is 0 Å². The summed E-state index contributed by atoms with van der Waals surface area (Å²) < 4.78 is 0. The highest BCUT2D eigenvalue weighted by molar-refractivity contribution is 7.99. The Kier molecular flexibility index (Phi) is 8.59. The van der Waals surface area contributed by atoms with Gasteiger partial charge in [0, 0.05) is 18.6 Å². The van der Waals surface area contributed by atoms with Gasteiger partial charge in [-0.3, -0.25) is 4.79 Å². The first-order valence-corrected chi connectivity index (χ1v) is 8.42. The summed E-state index contributed by atoms with van der Waals surface area (Å²) in [5, 5.41) is 11.8. The third-order valence-electron chi connectivity index (χ3n) is 3.03. The monoisotopic (exact) mass is 309 g/mol. The van der Waals surface area contributed by atoms with E-state index in [4.69, 9.17) is 0 Å². The molecule has 0 radical (unpaired) electrons. The predicted molar refractivity (Wildman–Crippen MR) is 86.6 cm³/mol. The van der Waals surface area contributed by atoms with Gasteiger partial charge in [-0.2, -0.15) is 11.8 Å². The average Bonchev–Trinajstić information content (AvgIpc) is 2.47. The molecule has 0 aromatic heterocycles. The minimum absolute atomic E-state index is 0.192. The second kappa shape index (κ2) is 10.3. The van der Waals surface area contributed by atoms with Crippen LogP contribution in [0.25, 0.3) is 0 Å². The summed E-state index contributed by atoms with van der Waals surface area (Å²) in [7, 11) is 0. The number of carboxylic acid groups (broad SMARTS) is 1. The zero-order chi connectivity index (χ0) is 15.5. The third kappa shape index (κ3) is 7.75. The second-order valence-corrected chi connectivity index (χ2v) is 6.09. The lowest BCUT2D eigenvalue weighted by molar-refractivity contribution is -0.141. The van der Waals surface area contributed by atoms with E-state index in [0.29, 0.717) is 12.8 Å². The first kappa shape index (κ1) is 17.6. The number of aliphatic carboxylic acids is 1. The van der Waals surface area contributed by atoms with E-state index in [9.17, 15) is 14.7 Å². The number of hydrogen-bond acceptors (Lipinski definition) is 3. The summed E-state index contributed by atoms with van der Waals surface area (Å²) in [6, 6.07) is 8.47. The maximum absolute atomic E-state index is 11.8. The van der Waals surface area contributed by atoms with Gasteiger partial charge in [0.15, 0.2) is 0 Å². The van der Waals surface area contributed by atoms with Gasteiger partial charge in [-0.25, -0.2) is 4.79 Å². The van der Waals surface area contributed by atoms with E-state index in [2.05, 4.69) is 12.2 Å². The molecule has 0 aliphatic carbocycles.